The molecule has 1 fully saturated rings. The maximum Gasteiger partial charge on any atom is 0.232 e. The monoisotopic (exact) mass is 502 g/mol. The second-order valence-corrected chi connectivity index (χ2v) is 11.0. The number of aliphatic imine (C=N–C) groups is 1. The summed E-state index contributed by atoms with van der Waals surface area (Å²) in [4.78, 5) is 10.4. The number of aromatic amines is 1. The van der Waals surface area contributed by atoms with Crippen molar-refractivity contribution in [3.05, 3.63) is 83.9 Å². The van der Waals surface area contributed by atoms with Gasteiger partial charge in [-0.1, -0.05) is 30.3 Å². The van der Waals surface area contributed by atoms with Crippen molar-refractivity contribution >= 4 is 43.7 Å². The van der Waals surface area contributed by atoms with Gasteiger partial charge in [-0.3, -0.25) is 4.72 Å². The molecule has 3 aromatic carbocycles. The molecule has 5 rings (SSSR count). The van der Waals surface area contributed by atoms with Gasteiger partial charge in [0.2, 0.25) is 10.0 Å². The summed E-state index contributed by atoms with van der Waals surface area (Å²) in [6.45, 7) is 3.74. The minimum atomic E-state index is -3.44. The summed E-state index contributed by atoms with van der Waals surface area (Å²) >= 11 is 0. The van der Waals surface area contributed by atoms with Gasteiger partial charge in [0.25, 0.3) is 0 Å². The van der Waals surface area contributed by atoms with Gasteiger partial charge in [0.1, 0.15) is 0 Å². The van der Waals surface area contributed by atoms with Crippen molar-refractivity contribution in [2.75, 3.05) is 28.5 Å². The highest BCUT2D eigenvalue weighted by Gasteiger charge is 2.20. The number of hydrogen-bond donors (Lipinski definition) is 3. The highest BCUT2D eigenvalue weighted by molar-refractivity contribution is 7.92. The van der Waals surface area contributed by atoms with Crippen molar-refractivity contribution in [3.8, 4) is 5.88 Å². The Kier molecular flexibility index (Phi) is 6.69. The van der Waals surface area contributed by atoms with E-state index in [2.05, 4.69) is 26.7 Å². The van der Waals surface area contributed by atoms with E-state index in [-0.39, 0.29) is 11.6 Å². The van der Waals surface area contributed by atoms with Gasteiger partial charge in [-0.25, -0.2) is 13.4 Å². The number of fused-ring (bicyclic) bond motifs is 1. The average molecular weight is 503 g/mol. The summed E-state index contributed by atoms with van der Waals surface area (Å²) in [6.07, 6.45) is 3.72. The Morgan fingerprint density at radius 1 is 1.00 bits per heavy atom. The SMILES string of the molecule is CCS(=O)(=O)Nc1ccc2[nH]c(O)c(C(=Nc3ccc(N4CCCCC4)cc3)c3ccccc3)c2c1. The predicted molar refractivity (Wildman–Crippen MR) is 147 cm³/mol. The molecule has 3 N–H and O–H groups in total. The highest BCUT2D eigenvalue weighted by Crippen LogP contribution is 2.34. The van der Waals surface area contributed by atoms with E-state index >= 15 is 0 Å². The van der Waals surface area contributed by atoms with E-state index in [0.717, 1.165) is 24.3 Å². The standard InChI is InChI=1S/C28H30N4O3S/c1-2-36(34,35)31-22-13-16-25-24(19-22)26(28(33)30-25)27(20-9-5-3-6-10-20)29-21-11-14-23(15-12-21)32-17-7-4-8-18-32/h3,5-6,9-16,19,30-31,33H,2,4,7-8,17-18H2,1H3. The molecule has 4 aromatic rings. The van der Waals surface area contributed by atoms with Crippen LogP contribution in [-0.2, 0) is 10.0 Å². The zero-order valence-electron chi connectivity index (χ0n) is 20.2. The van der Waals surface area contributed by atoms with Crippen LogP contribution >= 0.6 is 0 Å². The first-order chi connectivity index (χ1) is 17.4. The van der Waals surface area contributed by atoms with Gasteiger partial charge >= 0.3 is 0 Å². The number of sulfonamides is 1. The number of benzene rings is 3. The Morgan fingerprint density at radius 2 is 1.72 bits per heavy atom. The maximum atomic E-state index is 12.1. The molecular weight excluding hydrogens is 472 g/mol. The van der Waals surface area contributed by atoms with Crippen molar-refractivity contribution in [2.24, 2.45) is 4.99 Å². The lowest BCUT2D eigenvalue weighted by Gasteiger charge is -2.28. The minimum absolute atomic E-state index is 0.0203. The third kappa shape index (κ3) is 5.09. The Hall–Kier alpha value is -3.78. The van der Waals surface area contributed by atoms with Gasteiger partial charge in [0, 0.05) is 40.9 Å². The van der Waals surface area contributed by atoms with Crippen LogP contribution in [0.25, 0.3) is 10.9 Å². The molecule has 2 heterocycles. The number of rotatable bonds is 7. The van der Waals surface area contributed by atoms with Crippen LogP contribution in [0.1, 0.15) is 37.3 Å². The van der Waals surface area contributed by atoms with Crippen LogP contribution in [0.4, 0.5) is 17.1 Å². The normalized spacial score (nSPS) is 14.8. The minimum Gasteiger partial charge on any atom is -0.494 e. The fourth-order valence-corrected chi connectivity index (χ4v) is 5.24. The molecule has 0 bridgehead atoms. The Morgan fingerprint density at radius 3 is 2.42 bits per heavy atom. The molecule has 0 unspecified atom stereocenters. The third-order valence-corrected chi connectivity index (χ3v) is 7.83. The van der Waals surface area contributed by atoms with E-state index in [1.165, 1.54) is 24.9 Å². The lowest BCUT2D eigenvalue weighted by Crippen LogP contribution is -2.29. The first kappa shape index (κ1) is 23.9. The van der Waals surface area contributed by atoms with Gasteiger partial charge in [-0.05, 0) is 68.7 Å². The maximum absolute atomic E-state index is 12.1. The molecule has 36 heavy (non-hydrogen) atoms. The van der Waals surface area contributed by atoms with Gasteiger partial charge in [-0.2, -0.15) is 0 Å². The Bertz CT molecular complexity index is 1490. The number of nitrogens with zero attached hydrogens (tertiary/aromatic N) is 2. The van der Waals surface area contributed by atoms with Crippen LogP contribution in [0, 0.1) is 0 Å². The molecule has 0 spiro atoms. The molecule has 0 amide bonds. The van der Waals surface area contributed by atoms with Crippen LogP contribution in [0.3, 0.4) is 0 Å². The molecule has 0 saturated carbocycles. The highest BCUT2D eigenvalue weighted by atomic mass is 32.2. The van der Waals surface area contributed by atoms with E-state index in [4.69, 9.17) is 4.99 Å². The summed E-state index contributed by atoms with van der Waals surface area (Å²) in [5.74, 6) is -0.0477. The summed E-state index contributed by atoms with van der Waals surface area (Å²) < 4.78 is 26.9. The van der Waals surface area contributed by atoms with Crippen LogP contribution < -0.4 is 9.62 Å². The molecule has 0 aliphatic carbocycles. The fourth-order valence-electron chi connectivity index (χ4n) is 4.61. The van der Waals surface area contributed by atoms with E-state index in [9.17, 15) is 13.5 Å². The van der Waals surface area contributed by atoms with E-state index in [0.29, 0.717) is 27.9 Å². The fraction of sp³-hybridized carbons (Fsp3) is 0.250. The largest absolute Gasteiger partial charge is 0.494 e. The van der Waals surface area contributed by atoms with E-state index < -0.39 is 10.0 Å². The second kappa shape index (κ2) is 10.1. The number of H-pyrrole nitrogens is 1. The van der Waals surface area contributed by atoms with Crippen molar-refractivity contribution < 1.29 is 13.5 Å². The van der Waals surface area contributed by atoms with E-state index in [1.54, 1.807) is 25.1 Å². The zero-order valence-corrected chi connectivity index (χ0v) is 21.1. The number of hydrogen-bond acceptors (Lipinski definition) is 5. The number of anilines is 2. The quantitative estimate of drug-likeness (QED) is 0.278. The Labute approximate surface area is 211 Å². The van der Waals surface area contributed by atoms with Gasteiger partial charge in [-0.15, -0.1) is 0 Å². The second-order valence-electron chi connectivity index (χ2n) is 9.00. The summed E-state index contributed by atoms with van der Waals surface area (Å²) in [5, 5.41) is 11.6. The molecule has 1 saturated heterocycles. The third-order valence-electron chi connectivity index (χ3n) is 6.53. The van der Waals surface area contributed by atoms with Gasteiger partial charge in [0.15, 0.2) is 5.88 Å². The molecule has 0 radical (unpaired) electrons. The molecule has 7 nitrogen and oxygen atoms in total. The average Bonchev–Trinajstić information content (AvgIpc) is 3.23. The number of aromatic nitrogens is 1. The molecule has 0 atom stereocenters. The van der Waals surface area contributed by atoms with Crippen molar-refractivity contribution in [3.63, 3.8) is 0 Å². The number of piperidine rings is 1. The first-order valence-corrected chi connectivity index (χ1v) is 13.9. The van der Waals surface area contributed by atoms with Crippen molar-refractivity contribution in [2.45, 2.75) is 26.2 Å². The van der Waals surface area contributed by atoms with Gasteiger partial charge < -0.3 is 15.0 Å². The summed E-state index contributed by atoms with van der Waals surface area (Å²) in [5.41, 5.74) is 5.04. The van der Waals surface area contributed by atoms with Crippen LogP contribution in [-0.4, -0.2) is 43.1 Å². The molecule has 1 aromatic heterocycles. The number of nitrogens with one attached hydrogen (secondary N) is 2. The lowest BCUT2D eigenvalue weighted by molar-refractivity contribution is 0.457. The predicted octanol–water partition coefficient (Wildman–Crippen LogP) is 5.79. The van der Waals surface area contributed by atoms with Crippen molar-refractivity contribution in [1.29, 1.82) is 0 Å². The van der Waals surface area contributed by atoms with Crippen LogP contribution in [0.2, 0.25) is 0 Å². The molecule has 8 heteroatoms. The molecule has 186 valence electrons. The molecule has 1 aliphatic heterocycles. The van der Waals surface area contributed by atoms with Crippen LogP contribution in [0.5, 0.6) is 5.88 Å². The lowest BCUT2D eigenvalue weighted by atomic mass is 10.0. The zero-order chi connectivity index (χ0) is 25.1. The number of aromatic hydroxyl groups is 1. The molecular formula is C28H30N4O3S. The summed E-state index contributed by atoms with van der Waals surface area (Å²) in [6, 6.07) is 23.0. The van der Waals surface area contributed by atoms with Crippen LogP contribution in [0.15, 0.2) is 77.8 Å². The summed E-state index contributed by atoms with van der Waals surface area (Å²) in [7, 11) is -3.44. The topological polar surface area (TPSA) is 97.8 Å². The smallest absolute Gasteiger partial charge is 0.232 e. The first-order valence-electron chi connectivity index (χ1n) is 12.3. The Balaban J connectivity index is 1.60. The van der Waals surface area contributed by atoms with Gasteiger partial charge in [0.05, 0.1) is 22.7 Å². The van der Waals surface area contributed by atoms with Crippen molar-refractivity contribution in [1.82, 2.24) is 4.98 Å². The molecule has 1 aliphatic rings. The van der Waals surface area contributed by atoms with E-state index in [1.807, 2.05) is 42.5 Å².